The third-order valence-electron chi connectivity index (χ3n) is 0.798. The molecule has 0 aromatic heterocycles. The zero-order chi connectivity index (χ0) is 7.40. The first-order valence-corrected chi connectivity index (χ1v) is 4.37. The zero-order valence-electron chi connectivity index (χ0n) is 5.16. The Morgan fingerprint density at radius 1 is 1.90 bits per heavy atom. The van der Waals surface area contributed by atoms with Gasteiger partial charge < -0.3 is 0 Å². The van der Waals surface area contributed by atoms with Crippen LogP contribution < -0.4 is 10.5 Å². The second-order valence-electron chi connectivity index (χ2n) is 1.57. The minimum absolute atomic E-state index is 0.340. The van der Waals surface area contributed by atoms with Crippen LogP contribution in [0.1, 0.15) is 0 Å². The van der Waals surface area contributed by atoms with Gasteiger partial charge in [-0.2, -0.15) is 0 Å². The monoisotopic (exact) mass is 181 g/mol. The summed E-state index contributed by atoms with van der Waals surface area (Å²) in [4.78, 5) is 4.59. The van der Waals surface area contributed by atoms with Crippen molar-refractivity contribution in [2.24, 2.45) is 10.3 Å². The van der Waals surface area contributed by atoms with E-state index in [9.17, 15) is 0 Å². The molecule has 3 N–H and O–H groups in total. The van der Waals surface area contributed by atoms with E-state index < -0.39 is 5.69 Å². The Kier molecular flexibility index (Phi) is 3.30. The van der Waals surface area contributed by atoms with E-state index in [-0.39, 0.29) is 10.9 Å². The molecule has 0 aliphatic carbocycles. The molecule has 0 bridgehead atoms. The number of hydrogen-bond donors (Lipinski definition) is 2. The van der Waals surface area contributed by atoms with Crippen molar-refractivity contribution in [1.82, 2.24) is 4.72 Å². The van der Waals surface area contributed by atoms with Crippen LogP contribution in [0.5, 0.6) is 0 Å². The van der Waals surface area contributed by atoms with Gasteiger partial charge in [-0.1, -0.05) is 22.2 Å². The molecule has 0 aromatic carbocycles. The molecular weight excluding hydrogens is 174 g/mol. The predicted octanol–water partition coefficient (Wildman–Crippen LogP) is 0.233. The number of alkyl halides is 1. The maximum Gasteiger partial charge on any atom is 0.211 e. The number of nitrogens with zero attached hydrogens (tertiary/aromatic N) is 1. The largest absolute Gasteiger partial charge is 0.291 e. The van der Waals surface area contributed by atoms with Crippen molar-refractivity contribution < 1.29 is 4.84 Å². The van der Waals surface area contributed by atoms with Crippen LogP contribution in [0.3, 0.4) is 0 Å². The molecule has 1 heterocycles. The van der Waals surface area contributed by atoms with Crippen molar-refractivity contribution >= 4 is 22.5 Å². The van der Waals surface area contributed by atoms with E-state index in [1.165, 1.54) is 0 Å². The van der Waals surface area contributed by atoms with E-state index in [1.807, 2.05) is 11.5 Å². The second-order valence-corrected chi connectivity index (χ2v) is 3.34. The maximum absolute atomic E-state index is 5.27. The van der Waals surface area contributed by atoms with Gasteiger partial charge >= 0.3 is 0 Å². The fourth-order valence-electron chi connectivity index (χ4n) is 0.460. The normalized spacial score (nSPS) is 27.6. The Hall–Kier alpha value is 0.0600. The first-order valence-electron chi connectivity index (χ1n) is 2.69. The summed E-state index contributed by atoms with van der Waals surface area (Å²) in [5.41, 5.74) is 4.23. The molecule has 2 atom stereocenters. The molecule has 0 spiro atoms. The molecular formula is C4H8ClN3OS. The third kappa shape index (κ3) is 2.76. The topological polar surface area (TPSA) is 59.6 Å². The number of rotatable bonds is 2. The molecule has 4 nitrogen and oxygen atoms in total. The lowest BCUT2D eigenvalue weighted by Gasteiger charge is -1.98. The number of nitrogens with two attached hydrogens (primary N) is 1. The van der Waals surface area contributed by atoms with Gasteiger partial charge in [-0.05, 0) is 5.41 Å². The highest BCUT2D eigenvalue weighted by Crippen LogP contribution is 1.97. The van der Waals surface area contributed by atoms with Gasteiger partial charge in [0.15, 0.2) is 0 Å². The van der Waals surface area contributed by atoms with E-state index in [4.69, 9.17) is 17.3 Å². The third-order valence-corrected chi connectivity index (χ3v) is 2.04. The van der Waals surface area contributed by atoms with Gasteiger partial charge in [-0.25, -0.2) is 9.56 Å². The number of halogens is 1. The standard InChI is InChI=1S/C4H8ClN3OS/c5-4(6)9-8-10-3-1-2-7-10/h1,3-4H,2,6H2,(H,7,8). The van der Waals surface area contributed by atoms with Gasteiger partial charge in [-0.15, -0.1) is 0 Å². The molecule has 1 aliphatic rings. The number of hydrogen-bond acceptors (Lipinski definition) is 3. The lowest BCUT2D eigenvalue weighted by atomic mass is 10.7. The van der Waals surface area contributed by atoms with E-state index in [0.717, 1.165) is 6.54 Å². The maximum atomic E-state index is 5.27. The highest BCUT2D eigenvalue weighted by molar-refractivity contribution is 7.88. The van der Waals surface area contributed by atoms with E-state index in [2.05, 4.69) is 14.1 Å². The molecule has 10 heavy (non-hydrogen) atoms. The molecule has 0 amide bonds. The smallest absolute Gasteiger partial charge is 0.211 e. The van der Waals surface area contributed by atoms with Gasteiger partial charge in [0.05, 0.1) is 0 Å². The second kappa shape index (κ2) is 4.05. The van der Waals surface area contributed by atoms with Crippen LogP contribution in [-0.2, 0) is 15.7 Å². The summed E-state index contributed by atoms with van der Waals surface area (Å²) in [6.07, 6.45) is 1.97. The van der Waals surface area contributed by atoms with Gasteiger partial charge in [0.2, 0.25) is 5.69 Å². The molecule has 0 saturated carbocycles. The van der Waals surface area contributed by atoms with E-state index >= 15 is 0 Å². The van der Waals surface area contributed by atoms with Crippen molar-refractivity contribution in [1.29, 1.82) is 0 Å². The summed E-state index contributed by atoms with van der Waals surface area (Å²) >= 11 is 5.27. The number of nitrogens with one attached hydrogen (secondary N) is 1. The molecule has 0 saturated heterocycles. The quantitative estimate of drug-likeness (QED) is 0.278. The average molecular weight is 182 g/mol. The Balaban J connectivity index is 2.32. The summed E-state index contributed by atoms with van der Waals surface area (Å²) in [7, 11) is -0.340. The summed E-state index contributed by atoms with van der Waals surface area (Å²) in [6.45, 7) is 0.827. The van der Waals surface area contributed by atoms with Gasteiger partial charge in [-0.3, -0.25) is 5.73 Å². The first kappa shape index (κ1) is 8.16. The van der Waals surface area contributed by atoms with E-state index in [1.54, 1.807) is 0 Å². The predicted molar refractivity (Wildman–Crippen MR) is 41.8 cm³/mol. The summed E-state index contributed by atoms with van der Waals surface area (Å²) in [5, 5.41) is 1.90. The van der Waals surface area contributed by atoms with E-state index in [0.29, 0.717) is 0 Å². The Labute approximate surface area is 66.6 Å². The SMILES string of the molecule is NC(Cl)O/N=S1\C=CCN1. The van der Waals surface area contributed by atoms with Crippen molar-refractivity contribution in [3.8, 4) is 0 Å². The van der Waals surface area contributed by atoms with Crippen molar-refractivity contribution in [2.75, 3.05) is 6.54 Å². The fraction of sp³-hybridized carbons (Fsp3) is 0.500. The van der Waals surface area contributed by atoms with Crippen molar-refractivity contribution in [2.45, 2.75) is 5.69 Å². The highest BCUT2D eigenvalue weighted by atomic mass is 35.5. The van der Waals surface area contributed by atoms with Gasteiger partial charge in [0.1, 0.15) is 0 Å². The molecule has 6 heteroatoms. The Bertz CT molecular complexity index is 170. The molecule has 0 aromatic rings. The summed E-state index contributed by atoms with van der Waals surface area (Å²) in [6, 6.07) is 0. The molecule has 2 unspecified atom stereocenters. The van der Waals surface area contributed by atoms with Gasteiger partial charge in [0.25, 0.3) is 0 Å². The minimum atomic E-state index is -0.844. The Morgan fingerprint density at radius 3 is 3.20 bits per heavy atom. The Morgan fingerprint density at radius 2 is 2.70 bits per heavy atom. The van der Waals surface area contributed by atoms with Crippen LogP contribution in [0, 0.1) is 0 Å². The summed E-state index contributed by atoms with van der Waals surface area (Å²) in [5.74, 6) is 0. The van der Waals surface area contributed by atoms with Crippen LogP contribution in [0.4, 0.5) is 0 Å². The van der Waals surface area contributed by atoms with Crippen LogP contribution in [-0.4, -0.2) is 12.2 Å². The molecule has 0 fully saturated rings. The van der Waals surface area contributed by atoms with Crippen LogP contribution in [0.15, 0.2) is 16.0 Å². The van der Waals surface area contributed by atoms with Crippen LogP contribution in [0.25, 0.3) is 0 Å². The van der Waals surface area contributed by atoms with Crippen LogP contribution in [0.2, 0.25) is 0 Å². The lowest BCUT2D eigenvalue weighted by molar-refractivity contribution is 0.126. The van der Waals surface area contributed by atoms with Crippen LogP contribution >= 0.6 is 11.6 Å². The molecule has 1 rings (SSSR count). The molecule has 58 valence electrons. The van der Waals surface area contributed by atoms with Crippen molar-refractivity contribution in [3.63, 3.8) is 0 Å². The molecule has 1 aliphatic heterocycles. The first-order chi connectivity index (χ1) is 4.79. The summed E-state index contributed by atoms with van der Waals surface area (Å²) < 4.78 is 6.72. The van der Waals surface area contributed by atoms with Crippen molar-refractivity contribution in [3.05, 3.63) is 11.5 Å². The average Bonchev–Trinajstić information content (AvgIpc) is 2.34. The van der Waals surface area contributed by atoms with Gasteiger partial charge in [0, 0.05) is 17.4 Å². The fourth-order valence-corrected chi connectivity index (χ4v) is 1.48. The zero-order valence-corrected chi connectivity index (χ0v) is 6.73. The lowest BCUT2D eigenvalue weighted by Crippen LogP contribution is -2.15. The minimum Gasteiger partial charge on any atom is -0.291 e. The molecule has 0 radical (unpaired) electrons. The highest BCUT2D eigenvalue weighted by Gasteiger charge is 1.98.